The molecule has 1 aromatic heterocycles. The molecule has 6 aromatic carbocycles. The van der Waals surface area contributed by atoms with Gasteiger partial charge in [0, 0.05) is 29.6 Å². The average Bonchev–Trinajstić information content (AvgIpc) is 3.03. The fraction of sp³-hybridized carbons (Fsp3) is 0. The summed E-state index contributed by atoms with van der Waals surface area (Å²) in [6, 6.07) is 47.2. The van der Waals surface area contributed by atoms with E-state index in [0.717, 1.165) is 73.4 Å². The zero-order valence-electron chi connectivity index (χ0n) is 22.6. The Labute approximate surface area is 242 Å². The first-order chi connectivity index (χ1) is 20.8. The number of nitrogens with zero attached hydrogens (tertiary/aromatic N) is 2. The van der Waals surface area contributed by atoms with Crippen LogP contribution in [-0.2, 0) is 0 Å². The summed E-state index contributed by atoms with van der Waals surface area (Å²) in [6.07, 6.45) is 0. The molecule has 0 saturated heterocycles. The summed E-state index contributed by atoms with van der Waals surface area (Å²) >= 11 is 0. The van der Waals surface area contributed by atoms with E-state index in [1.165, 1.54) is 0 Å². The van der Waals surface area contributed by atoms with E-state index < -0.39 is 0 Å². The van der Waals surface area contributed by atoms with E-state index in [1.807, 2.05) is 66.7 Å². The molecule has 7 aromatic rings. The van der Waals surface area contributed by atoms with Crippen LogP contribution in [0, 0.1) is 0 Å². The number of ether oxygens (including phenoxy) is 1. The first kappa shape index (κ1) is 24.0. The monoisotopic (exact) mass is 544 g/mol. The summed E-state index contributed by atoms with van der Waals surface area (Å²) in [5.41, 5.74) is 10.4. The lowest BCUT2D eigenvalue weighted by molar-refractivity contribution is -0.538. The van der Waals surface area contributed by atoms with Crippen molar-refractivity contribution in [1.29, 1.82) is 0 Å². The summed E-state index contributed by atoms with van der Waals surface area (Å²) in [6.45, 7) is 0. The molecule has 200 valence electrons. The second kappa shape index (κ2) is 9.94. The molecule has 3 N–H and O–H groups in total. The van der Waals surface area contributed by atoms with Crippen molar-refractivity contribution in [2.24, 2.45) is 0 Å². The van der Waals surface area contributed by atoms with Crippen LogP contribution in [0.4, 0.5) is 34.1 Å². The largest absolute Gasteiger partial charge is 0.453 e. The molecule has 0 fully saturated rings. The van der Waals surface area contributed by atoms with Crippen molar-refractivity contribution in [3.8, 4) is 17.2 Å². The van der Waals surface area contributed by atoms with Crippen LogP contribution in [0.2, 0.25) is 0 Å². The highest BCUT2D eigenvalue weighted by Crippen LogP contribution is 2.43. The Kier molecular flexibility index (Phi) is 5.67. The highest BCUT2D eigenvalue weighted by atomic mass is 16.5. The van der Waals surface area contributed by atoms with Gasteiger partial charge in [-0.3, -0.25) is 0 Å². The van der Waals surface area contributed by atoms with Crippen LogP contribution in [0.25, 0.3) is 27.8 Å². The summed E-state index contributed by atoms with van der Waals surface area (Å²) < 4.78 is 8.61. The highest BCUT2D eigenvalue weighted by molar-refractivity contribution is 5.94. The second-order valence-electron chi connectivity index (χ2n) is 10.2. The van der Waals surface area contributed by atoms with Crippen LogP contribution in [0.5, 0.6) is 11.5 Å². The molecule has 0 atom stereocenters. The fourth-order valence-corrected chi connectivity index (χ4v) is 5.45. The van der Waals surface area contributed by atoms with Crippen molar-refractivity contribution in [3.05, 3.63) is 140 Å². The molecule has 0 radical (unpaired) electrons. The predicted octanol–water partition coefficient (Wildman–Crippen LogP) is 9.00. The van der Waals surface area contributed by atoms with Crippen molar-refractivity contribution < 1.29 is 9.30 Å². The van der Waals surface area contributed by atoms with Gasteiger partial charge in [-0.25, -0.2) is 4.98 Å². The quantitative estimate of drug-likeness (QED) is 0.149. The third-order valence-corrected chi connectivity index (χ3v) is 7.41. The first-order valence-corrected chi connectivity index (χ1v) is 13.9. The lowest BCUT2D eigenvalue weighted by Crippen LogP contribution is -2.33. The van der Waals surface area contributed by atoms with Crippen LogP contribution in [-0.4, -0.2) is 4.98 Å². The summed E-state index contributed by atoms with van der Waals surface area (Å²) in [7, 11) is 0. The molecule has 6 nitrogen and oxygen atoms in total. The minimum absolute atomic E-state index is 0.761. The third-order valence-electron chi connectivity index (χ3n) is 7.41. The number of rotatable bonds is 5. The molecule has 0 spiro atoms. The molecule has 0 aliphatic carbocycles. The number of anilines is 6. The van der Waals surface area contributed by atoms with Gasteiger partial charge in [0.25, 0.3) is 0 Å². The molecular weight excluding hydrogens is 518 g/mol. The molecule has 42 heavy (non-hydrogen) atoms. The Morgan fingerprint density at radius 2 is 1.10 bits per heavy atom. The molecule has 2 heterocycles. The summed E-state index contributed by atoms with van der Waals surface area (Å²) in [5.74, 6) is 1.56. The van der Waals surface area contributed by atoms with E-state index in [0.29, 0.717) is 0 Å². The van der Waals surface area contributed by atoms with Gasteiger partial charge in [-0.1, -0.05) is 66.7 Å². The summed E-state index contributed by atoms with van der Waals surface area (Å²) in [5, 5.41) is 10.8. The molecule has 0 unspecified atom stereocenters. The van der Waals surface area contributed by atoms with Crippen LogP contribution in [0.3, 0.4) is 0 Å². The molecule has 1 aliphatic rings. The topological polar surface area (TPSA) is 62.1 Å². The standard InChI is InChI=1S/C36H25N5O/c1-4-12-24(13-5-1)37-28-20-30-33(22-29(28)38-25-14-6-2-7-15-25)41(26-16-8-3-9-17-26)34-23-36-32(21-31(34)40-30)39-27-18-10-11-19-35(27)42-36/h1-23,39H,(H,37,40)/p+1. The van der Waals surface area contributed by atoms with Crippen LogP contribution in [0.1, 0.15) is 0 Å². The average molecular weight is 545 g/mol. The molecule has 0 saturated carbocycles. The maximum atomic E-state index is 6.35. The number of para-hydroxylation sites is 5. The van der Waals surface area contributed by atoms with Gasteiger partial charge in [0.2, 0.25) is 16.7 Å². The highest BCUT2D eigenvalue weighted by Gasteiger charge is 2.26. The minimum atomic E-state index is 0.761. The van der Waals surface area contributed by atoms with Gasteiger partial charge < -0.3 is 20.7 Å². The van der Waals surface area contributed by atoms with Crippen molar-refractivity contribution in [3.63, 3.8) is 0 Å². The normalized spacial score (nSPS) is 11.7. The molecular formula is C36H26N5O+. The van der Waals surface area contributed by atoms with Crippen LogP contribution in [0.15, 0.2) is 140 Å². The maximum absolute atomic E-state index is 6.35. The van der Waals surface area contributed by atoms with Gasteiger partial charge in [-0.2, -0.15) is 0 Å². The molecule has 0 amide bonds. The van der Waals surface area contributed by atoms with Crippen molar-refractivity contribution in [2.45, 2.75) is 0 Å². The van der Waals surface area contributed by atoms with Crippen molar-refractivity contribution >= 4 is 56.2 Å². The number of nitrogens with one attached hydrogen (secondary N) is 3. The predicted molar refractivity (Wildman–Crippen MR) is 170 cm³/mol. The second-order valence-corrected chi connectivity index (χ2v) is 10.2. The van der Waals surface area contributed by atoms with E-state index in [9.17, 15) is 0 Å². The number of benzene rings is 6. The van der Waals surface area contributed by atoms with Crippen molar-refractivity contribution in [1.82, 2.24) is 4.98 Å². The Morgan fingerprint density at radius 1 is 0.524 bits per heavy atom. The van der Waals surface area contributed by atoms with E-state index in [1.54, 1.807) is 0 Å². The Balaban J connectivity index is 1.38. The third kappa shape index (κ3) is 4.32. The smallest absolute Gasteiger partial charge is 0.241 e. The van der Waals surface area contributed by atoms with Crippen molar-refractivity contribution in [2.75, 3.05) is 16.0 Å². The Bertz CT molecular complexity index is 2080. The summed E-state index contributed by atoms with van der Waals surface area (Å²) in [4.78, 5) is 5.19. The lowest BCUT2D eigenvalue weighted by Gasteiger charge is -2.21. The van der Waals surface area contributed by atoms with Gasteiger partial charge >= 0.3 is 0 Å². The van der Waals surface area contributed by atoms with Gasteiger partial charge in [0.1, 0.15) is 11.0 Å². The lowest BCUT2D eigenvalue weighted by atomic mass is 10.1. The van der Waals surface area contributed by atoms with E-state index in [4.69, 9.17) is 9.72 Å². The molecule has 6 heteroatoms. The molecule has 8 rings (SSSR count). The fourth-order valence-electron chi connectivity index (χ4n) is 5.45. The van der Waals surface area contributed by atoms with Gasteiger partial charge in [-0.15, -0.1) is 4.57 Å². The van der Waals surface area contributed by atoms with E-state index >= 15 is 0 Å². The number of hydrogen-bond donors (Lipinski definition) is 3. The van der Waals surface area contributed by atoms with Gasteiger partial charge in [0.15, 0.2) is 11.5 Å². The maximum Gasteiger partial charge on any atom is 0.241 e. The van der Waals surface area contributed by atoms with Crippen LogP contribution >= 0.6 is 0 Å². The first-order valence-electron chi connectivity index (χ1n) is 13.9. The molecule has 1 aliphatic heterocycles. The van der Waals surface area contributed by atoms with Gasteiger partial charge in [0.05, 0.1) is 28.8 Å². The SMILES string of the molecule is c1ccc(Nc2cc3nc4cc5c(cc4[n+](-c4ccccc4)c3cc2Nc2ccccc2)Oc2ccccc2N5)cc1. The Morgan fingerprint density at radius 3 is 1.81 bits per heavy atom. The van der Waals surface area contributed by atoms with E-state index in [-0.39, 0.29) is 0 Å². The minimum Gasteiger partial charge on any atom is -0.453 e. The van der Waals surface area contributed by atoms with Gasteiger partial charge in [-0.05, 0) is 48.5 Å². The van der Waals surface area contributed by atoms with Crippen LogP contribution < -0.4 is 25.3 Å². The zero-order valence-corrected chi connectivity index (χ0v) is 22.6. The number of fused-ring (bicyclic) bond motifs is 4. The number of hydrogen-bond acceptors (Lipinski definition) is 5. The molecule has 0 bridgehead atoms. The number of aromatic nitrogens is 2. The Hall–Kier alpha value is -5.88. The van der Waals surface area contributed by atoms with E-state index in [2.05, 4.69) is 93.3 Å². The zero-order chi connectivity index (χ0) is 27.9.